The van der Waals surface area contributed by atoms with Gasteiger partial charge in [-0.25, -0.2) is 4.39 Å². The fraction of sp³-hybridized carbons (Fsp3) is 0.526. The smallest absolute Gasteiger partial charge is 0.258 e. The van der Waals surface area contributed by atoms with Crippen LogP contribution in [0, 0.1) is 5.82 Å². The van der Waals surface area contributed by atoms with Crippen molar-refractivity contribution in [1.82, 2.24) is 9.88 Å². The maximum atomic E-state index is 13.4. The van der Waals surface area contributed by atoms with Gasteiger partial charge < -0.3 is 9.88 Å². The second kappa shape index (κ2) is 9.50. The number of carbonyl (C=O) groups excluding carboxylic acids is 2. The Balaban J connectivity index is 1.57. The van der Waals surface area contributed by atoms with Crippen molar-refractivity contribution in [3.05, 3.63) is 28.8 Å². The Morgan fingerprint density at radius 3 is 2.81 bits per heavy atom. The Morgan fingerprint density at radius 2 is 2.07 bits per heavy atom. The number of hydrogen-bond donors (Lipinski definition) is 1. The van der Waals surface area contributed by atoms with Crippen LogP contribution in [0.15, 0.2) is 23.2 Å². The monoisotopic (exact) mass is 409 g/mol. The number of rotatable bonds is 6. The number of hydrogen-bond acceptors (Lipinski definition) is 4. The van der Waals surface area contributed by atoms with E-state index in [0.29, 0.717) is 11.3 Å². The predicted molar refractivity (Wildman–Crippen MR) is 108 cm³/mol. The molecule has 27 heavy (non-hydrogen) atoms. The predicted octanol–water partition coefficient (Wildman–Crippen LogP) is 3.47. The van der Waals surface area contributed by atoms with Crippen LogP contribution in [0.2, 0.25) is 0 Å². The minimum absolute atomic E-state index is 0.0133. The number of aryl methyl sites for hydroxylation is 1. The molecule has 1 aliphatic rings. The van der Waals surface area contributed by atoms with Crippen LogP contribution >= 0.6 is 23.1 Å². The summed E-state index contributed by atoms with van der Waals surface area (Å²) in [6, 6.07) is 4.86. The van der Waals surface area contributed by atoms with E-state index in [2.05, 4.69) is 10.3 Å². The number of amides is 2. The molecule has 0 aliphatic heterocycles. The first-order valence-electron chi connectivity index (χ1n) is 9.30. The molecular formula is C19H24FN3O2S2. The van der Waals surface area contributed by atoms with E-state index in [1.54, 1.807) is 6.07 Å². The van der Waals surface area contributed by atoms with Crippen molar-refractivity contribution in [2.24, 2.45) is 4.99 Å². The lowest BCUT2D eigenvalue weighted by atomic mass is 9.95. The number of halogens is 1. The van der Waals surface area contributed by atoms with E-state index in [4.69, 9.17) is 0 Å². The number of aromatic nitrogens is 1. The van der Waals surface area contributed by atoms with Crippen molar-refractivity contribution in [1.29, 1.82) is 0 Å². The van der Waals surface area contributed by atoms with E-state index in [-0.39, 0.29) is 35.2 Å². The van der Waals surface area contributed by atoms with E-state index >= 15 is 0 Å². The molecule has 146 valence electrons. The number of benzene rings is 1. The van der Waals surface area contributed by atoms with Crippen molar-refractivity contribution in [2.75, 3.05) is 11.5 Å². The average Bonchev–Trinajstić information content (AvgIpc) is 2.98. The number of carbonyl (C=O) groups is 2. The van der Waals surface area contributed by atoms with Gasteiger partial charge >= 0.3 is 0 Å². The number of thioether (sulfide) groups is 1. The van der Waals surface area contributed by atoms with Crippen molar-refractivity contribution >= 4 is 45.1 Å². The normalized spacial score (nSPS) is 16.0. The summed E-state index contributed by atoms with van der Waals surface area (Å²) >= 11 is 2.58. The van der Waals surface area contributed by atoms with Gasteiger partial charge in [-0.1, -0.05) is 30.6 Å². The van der Waals surface area contributed by atoms with Gasteiger partial charge in [0.25, 0.3) is 5.91 Å². The summed E-state index contributed by atoms with van der Waals surface area (Å²) < 4.78 is 16.1. The van der Waals surface area contributed by atoms with E-state index in [0.717, 1.165) is 23.1 Å². The molecule has 1 aromatic carbocycles. The molecule has 1 heterocycles. The highest BCUT2D eigenvalue weighted by Crippen LogP contribution is 2.19. The van der Waals surface area contributed by atoms with Crippen LogP contribution in [0.25, 0.3) is 10.2 Å². The van der Waals surface area contributed by atoms with Gasteiger partial charge in [0.15, 0.2) is 4.80 Å². The van der Waals surface area contributed by atoms with Gasteiger partial charge in [0.2, 0.25) is 5.91 Å². The first-order valence-corrected chi connectivity index (χ1v) is 11.3. The van der Waals surface area contributed by atoms with Gasteiger partial charge in [-0.15, -0.1) is 11.8 Å². The molecule has 0 unspecified atom stereocenters. The van der Waals surface area contributed by atoms with Gasteiger partial charge in [-0.2, -0.15) is 4.99 Å². The maximum absolute atomic E-state index is 13.4. The van der Waals surface area contributed by atoms with Crippen molar-refractivity contribution in [3.8, 4) is 0 Å². The number of fused-ring (bicyclic) bond motifs is 1. The van der Waals surface area contributed by atoms with Crippen molar-refractivity contribution < 1.29 is 14.0 Å². The third kappa shape index (κ3) is 5.42. The molecule has 3 rings (SSSR count). The van der Waals surface area contributed by atoms with E-state index < -0.39 is 0 Å². The zero-order valence-electron chi connectivity index (χ0n) is 15.4. The van der Waals surface area contributed by atoms with Crippen LogP contribution in [-0.4, -0.2) is 33.9 Å². The molecule has 8 heteroatoms. The molecule has 0 radical (unpaired) electrons. The molecule has 1 aromatic heterocycles. The quantitative estimate of drug-likeness (QED) is 0.795. The fourth-order valence-electron chi connectivity index (χ4n) is 3.32. The van der Waals surface area contributed by atoms with Crippen LogP contribution in [0.1, 0.15) is 39.0 Å². The maximum Gasteiger partial charge on any atom is 0.258 e. The second-order valence-corrected chi connectivity index (χ2v) is 8.64. The minimum Gasteiger partial charge on any atom is -0.353 e. The van der Waals surface area contributed by atoms with Gasteiger partial charge in [-0.05, 0) is 38.0 Å². The Labute approximate surface area is 166 Å². The van der Waals surface area contributed by atoms with E-state index in [9.17, 15) is 14.0 Å². The molecule has 5 nitrogen and oxygen atoms in total. The molecular weight excluding hydrogens is 385 g/mol. The molecule has 0 bridgehead atoms. The highest BCUT2D eigenvalue weighted by atomic mass is 32.2. The first-order chi connectivity index (χ1) is 13.1. The van der Waals surface area contributed by atoms with Crippen LogP contribution in [0.3, 0.4) is 0 Å². The SMILES string of the molecule is CCn1c(=NC(=O)CSCC(=O)NC2CCCCC2)sc2cc(F)ccc21. The zero-order valence-corrected chi connectivity index (χ0v) is 17.0. The van der Waals surface area contributed by atoms with Gasteiger partial charge in [-0.3, -0.25) is 9.59 Å². The number of nitrogens with zero attached hydrogens (tertiary/aromatic N) is 2. The Morgan fingerprint density at radius 1 is 1.30 bits per heavy atom. The molecule has 0 spiro atoms. The summed E-state index contributed by atoms with van der Waals surface area (Å²) in [5.74, 6) is -0.169. The largest absolute Gasteiger partial charge is 0.353 e. The average molecular weight is 410 g/mol. The lowest BCUT2D eigenvalue weighted by Crippen LogP contribution is -2.37. The van der Waals surface area contributed by atoms with E-state index in [1.165, 1.54) is 54.5 Å². The second-order valence-electron chi connectivity index (χ2n) is 6.64. The molecule has 2 amide bonds. The van der Waals surface area contributed by atoms with Crippen LogP contribution in [-0.2, 0) is 16.1 Å². The Kier molecular flexibility index (Phi) is 7.07. The molecule has 1 N–H and O–H groups in total. The summed E-state index contributed by atoms with van der Waals surface area (Å²) in [5.41, 5.74) is 0.870. The van der Waals surface area contributed by atoms with Crippen molar-refractivity contribution in [3.63, 3.8) is 0 Å². The summed E-state index contributed by atoms with van der Waals surface area (Å²) in [6.07, 6.45) is 5.69. The molecule has 2 aromatic rings. The van der Waals surface area contributed by atoms with E-state index in [1.807, 2.05) is 11.5 Å². The summed E-state index contributed by atoms with van der Waals surface area (Å²) in [7, 11) is 0. The standard InChI is InChI=1S/C19H24FN3O2S2/c1-2-23-15-9-8-13(20)10-16(15)27-19(23)22-18(25)12-26-11-17(24)21-14-6-4-3-5-7-14/h8-10,14H,2-7,11-12H2,1H3,(H,21,24). The first kappa shape index (κ1) is 20.1. The molecule has 0 atom stereocenters. The lowest BCUT2D eigenvalue weighted by molar-refractivity contribution is -0.119. The molecule has 1 saturated carbocycles. The van der Waals surface area contributed by atoms with Gasteiger partial charge in [0.05, 0.1) is 21.7 Å². The zero-order chi connectivity index (χ0) is 19.2. The number of thiazole rings is 1. The Hall–Kier alpha value is -1.67. The highest BCUT2D eigenvalue weighted by Gasteiger charge is 2.16. The molecule has 0 saturated heterocycles. The van der Waals surface area contributed by atoms with Gasteiger partial charge in [0.1, 0.15) is 5.82 Å². The van der Waals surface area contributed by atoms with Crippen LogP contribution in [0.5, 0.6) is 0 Å². The van der Waals surface area contributed by atoms with Gasteiger partial charge in [0, 0.05) is 12.6 Å². The lowest BCUT2D eigenvalue weighted by Gasteiger charge is -2.22. The highest BCUT2D eigenvalue weighted by molar-refractivity contribution is 8.00. The minimum atomic E-state index is -0.301. The topological polar surface area (TPSA) is 63.5 Å². The summed E-state index contributed by atoms with van der Waals surface area (Å²) in [5, 5.41) is 3.04. The third-order valence-electron chi connectivity index (χ3n) is 4.61. The van der Waals surface area contributed by atoms with Crippen LogP contribution in [0.4, 0.5) is 4.39 Å². The summed E-state index contributed by atoms with van der Waals surface area (Å²) in [4.78, 5) is 28.9. The number of nitrogens with one attached hydrogen (secondary N) is 1. The summed E-state index contributed by atoms with van der Waals surface area (Å²) in [6.45, 7) is 2.61. The third-order valence-corrected chi connectivity index (χ3v) is 6.57. The Bertz CT molecular complexity index is 885. The molecule has 1 aliphatic carbocycles. The fourth-order valence-corrected chi connectivity index (χ4v) is 5.07. The molecule has 1 fully saturated rings. The van der Waals surface area contributed by atoms with Crippen LogP contribution < -0.4 is 10.1 Å². The van der Waals surface area contributed by atoms with Crippen molar-refractivity contribution in [2.45, 2.75) is 51.6 Å².